The molecule has 2 aromatic rings. The zero-order chi connectivity index (χ0) is 22.6. The number of esters is 1. The molecule has 1 heterocycles. The number of hydrogen-bond acceptors (Lipinski definition) is 6. The summed E-state index contributed by atoms with van der Waals surface area (Å²) in [7, 11) is 1.91. The van der Waals surface area contributed by atoms with Gasteiger partial charge in [0.25, 0.3) is 0 Å². The van der Waals surface area contributed by atoms with Crippen molar-refractivity contribution < 1.29 is 19.1 Å². The molecule has 31 heavy (non-hydrogen) atoms. The maximum atomic E-state index is 12.5. The van der Waals surface area contributed by atoms with Gasteiger partial charge in [0.1, 0.15) is 6.42 Å². The van der Waals surface area contributed by atoms with Crippen LogP contribution < -0.4 is 10.2 Å². The Morgan fingerprint density at radius 1 is 1.13 bits per heavy atom. The molecule has 0 aromatic heterocycles. The van der Waals surface area contributed by atoms with Gasteiger partial charge in [0.2, 0.25) is 5.91 Å². The summed E-state index contributed by atoms with van der Waals surface area (Å²) < 4.78 is 5.16. The molecular formula is C24H23N3O4. The van der Waals surface area contributed by atoms with Gasteiger partial charge < -0.3 is 15.0 Å². The lowest BCUT2D eigenvalue weighted by atomic mass is 9.83. The Morgan fingerprint density at radius 3 is 2.45 bits per heavy atom. The number of nitriles is 1. The average Bonchev–Trinajstić information content (AvgIpc) is 2.93. The Labute approximate surface area is 180 Å². The predicted octanol–water partition coefficient (Wildman–Crippen LogP) is 3.58. The third-order valence-corrected chi connectivity index (χ3v) is 5.23. The van der Waals surface area contributed by atoms with Gasteiger partial charge in [0, 0.05) is 35.6 Å². The fourth-order valence-electron chi connectivity index (χ4n) is 3.64. The molecule has 1 aliphatic heterocycles. The highest BCUT2D eigenvalue weighted by molar-refractivity contribution is 5.97. The van der Waals surface area contributed by atoms with Crippen molar-refractivity contribution in [2.75, 3.05) is 23.9 Å². The third kappa shape index (κ3) is 4.64. The van der Waals surface area contributed by atoms with Crippen LogP contribution in [0.2, 0.25) is 0 Å². The van der Waals surface area contributed by atoms with Crippen LogP contribution in [0, 0.1) is 11.3 Å². The molecule has 7 heteroatoms. The zero-order valence-electron chi connectivity index (χ0n) is 17.6. The number of carbonyl (C=O) groups is 3. The van der Waals surface area contributed by atoms with Crippen LogP contribution in [0.3, 0.4) is 0 Å². The molecular weight excluding hydrogens is 394 g/mol. The minimum atomic E-state index is -0.635. The number of ether oxygens (including phenoxy) is 1. The number of likely N-dealkylation sites (N-methyl/N-ethyl adjacent to an activating group) is 1. The molecule has 1 amide bonds. The van der Waals surface area contributed by atoms with Gasteiger partial charge in [0.15, 0.2) is 12.4 Å². The third-order valence-electron chi connectivity index (χ3n) is 5.23. The molecule has 0 bridgehead atoms. The summed E-state index contributed by atoms with van der Waals surface area (Å²) in [6.45, 7) is 3.73. The number of rotatable bonds is 6. The van der Waals surface area contributed by atoms with Crippen molar-refractivity contribution >= 4 is 29.0 Å². The molecule has 0 saturated heterocycles. The first-order chi connectivity index (χ1) is 14.7. The fraction of sp³-hybridized carbons (Fsp3) is 0.250. The number of fused-ring (bicyclic) bond motifs is 1. The Hall–Kier alpha value is -3.92. The number of allylic oxidation sites excluding steroid dienone is 1. The van der Waals surface area contributed by atoms with E-state index in [-0.39, 0.29) is 29.8 Å². The van der Waals surface area contributed by atoms with Gasteiger partial charge in [-0.15, -0.1) is 0 Å². The second kappa shape index (κ2) is 8.84. The lowest BCUT2D eigenvalue weighted by Gasteiger charge is -2.23. The number of amides is 1. The standard InChI is InChI=1S/C24H23N3O4/c1-24(2)19-6-4-5-7-20(19)27(3)21(24)14-18(28)15-31-23(30)16-8-10-17(11-9-16)26-22(29)12-13-25/h4-11,14H,12,15H2,1-3H3,(H,26,29)/b21-14-. The Balaban J connectivity index is 1.62. The Kier molecular flexibility index (Phi) is 6.21. The summed E-state index contributed by atoms with van der Waals surface area (Å²) in [6, 6.07) is 15.8. The highest BCUT2D eigenvalue weighted by atomic mass is 16.5. The molecule has 1 N–H and O–H groups in total. The molecule has 3 rings (SSSR count). The lowest BCUT2D eigenvalue weighted by molar-refractivity contribution is -0.117. The van der Waals surface area contributed by atoms with Crippen LogP contribution in [0.25, 0.3) is 0 Å². The molecule has 1 aliphatic rings. The topological polar surface area (TPSA) is 99.5 Å². The van der Waals surface area contributed by atoms with Crippen LogP contribution in [-0.4, -0.2) is 31.3 Å². The molecule has 0 saturated carbocycles. The molecule has 0 atom stereocenters. The summed E-state index contributed by atoms with van der Waals surface area (Å²) in [4.78, 5) is 38.2. The van der Waals surface area contributed by atoms with E-state index in [9.17, 15) is 14.4 Å². The van der Waals surface area contributed by atoms with Crippen molar-refractivity contribution in [1.29, 1.82) is 5.26 Å². The number of anilines is 2. The van der Waals surface area contributed by atoms with Gasteiger partial charge in [-0.05, 0) is 35.9 Å². The van der Waals surface area contributed by atoms with Crippen molar-refractivity contribution in [3.8, 4) is 6.07 Å². The van der Waals surface area contributed by atoms with Crippen LogP contribution in [0.1, 0.15) is 36.2 Å². The van der Waals surface area contributed by atoms with Crippen LogP contribution in [0.15, 0.2) is 60.3 Å². The average molecular weight is 417 g/mol. The van der Waals surface area contributed by atoms with E-state index in [4.69, 9.17) is 10.00 Å². The molecule has 7 nitrogen and oxygen atoms in total. The molecule has 0 unspecified atom stereocenters. The fourth-order valence-corrected chi connectivity index (χ4v) is 3.64. The lowest BCUT2D eigenvalue weighted by Crippen LogP contribution is -2.25. The van der Waals surface area contributed by atoms with E-state index < -0.39 is 11.9 Å². The molecule has 0 fully saturated rings. The van der Waals surface area contributed by atoms with Gasteiger partial charge in [-0.2, -0.15) is 5.26 Å². The summed E-state index contributed by atoms with van der Waals surface area (Å²) in [6.07, 6.45) is 1.28. The van der Waals surface area contributed by atoms with E-state index in [2.05, 4.69) is 19.2 Å². The smallest absolute Gasteiger partial charge is 0.338 e. The number of hydrogen-bond donors (Lipinski definition) is 1. The Morgan fingerprint density at radius 2 is 1.81 bits per heavy atom. The minimum absolute atomic E-state index is 0.252. The number of para-hydroxylation sites is 1. The number of ketones is 1. The van der Waals surface area contributed by atoms with Gasteiger partial charge in [0.05, 0.1) is 11.6 Å². The normalized spacial score (nSPS) is 15.2. The first-order valence-electron chi connectivity index (χ1n) is 9.76. The second-order valence-corrected chi connectivity index (χ2v) is 7.73. The second-order valence-electron chi connectivity index (χ2n) is 7.73. The van der Waals surface area contributed by atoms with Crippen LogP contribution >= 0.6 is 0 Å². The molecule has 2 aromatic carbocycles. The minimum Gasteiger partial charge on any atom is -0.454 e. The number of benzene rings is 2. The van der Waals surface area contributed by atoms with Crippen LogP contribution in [-0.2, 0) is 19.7 Å². The van der Waals surface area contributed by atoms with Gasteiger partial charge in [-0.3, -0.25) is 9.59 Å². The predicted molar refractivity (Wildman–Crippen MR) is 117 cm³/mol. The molecule has 0 spiro atoms. The molecule has 0 radical (unpaired) electrons. The highest BCUT2D eigenvalue weighted by Crippen LogP contribution is 2.46. The number of nitrogens with zero attached hydrogens (tertiary/aromatic N) is 2. The maximum absolute atomic E-state index is 12.5. The first kappa shape index (κ1) is 21.8. The van der Waals surface area contributed by atoms with E-state index >= 15 is 0 Å². The zero-order valence-corrected chi connectivity index (χ0v) is 17.6. The van der Waals surface area contributed by atoms with Crippen LogP contribution in [0.5, 0.6) is 0 Å². The van der Waals surface area contributed by atoms with Crippen molar-refractivity contribution in [2.24, 2.45) is 0 Å². The maximum Gasteiger partial charge on any atom is 0.338 e. The highest BCUT2D eigenvalue weighted by Gasteiger charge is 2.38. The van der Waals surface area contributed by atoms with Gasteiger partial charge in [-0.1, -0.05) is 32.0 Å². The molecule has 0 aliphatic carbocycles. The van der Waals surface area contributed by atoms with E-state index in [1.165, 1.54) is 30.3 Å². The van der Waals surface area contributed by atoms with Gasteiger partial charge in [-0.25, -0.2) is 4.79 Å². The Bertz CT molecular complexity index is 1090. The van der Waals surface area contributed by atoms with Crippen molar-refractivity contribution in [3.05, 3.63) is 71.4 Å². The van der Waals surface area contributed by atoms with Crippen LogP contribution in [0.4, 0.5) is 11.4 Å². The summed E-state index contributed by atoms with van der Waals surface area (Å²) in [5.74, 6) is -1.38. The van der Waals surface area contributed by atoms with Gasteiger partial charge >= 0.3 is 5.97 Å². The first-order valence-corrected chi connectivity index (χ1v) is 9.76. The van der Waals surface area contributed by atoms with E-state index in [1.54, 1.807) is 6.07 Å². The van der Waals surface area contributed by atoms with E-state index in [0.717, 1.165) is 16.9 Å². The van der Waals surface area contributed by atoms with Crippen molar-refractivity contribution in [2.45, 2.75) is 25.7 Å². The van der Waals surface area contributed by atoms with Crippen molar-refractivity contribution in [1.82, 2.24) is 0 Å². The summed E-state index contributed by atoms with van der Waals surface area (Å²) >= 11 is 0. The summed E-state index contributed by atoms with van der Waals surface area (Å²) in [5, 5.41) is 11.0. The van der Waals surface area contributed by atoms with E-state index in [0.29, 0.717) is 5.69 Å². The molecule has 158 valence electrons. The monoisotopic (exact) mass is 417 g/mol. The number of carbonyl (C=O) groups excluding carboxylic acids is 3. The van der Waals surface area contributed by atoms with Crippen molar-refractivity contribution in [3.63, 3.8) is 0 Å². The largest absolute Gasteiger partial charge is 0.454 e. The SMILES string of the molecule is CN1/C(=C\C(=O)COC(=O)c2ccc(NC(=O)CC#N)cc2)C(C)(C)c2ccccc21. The summed E-state index contributed by atoms with van der Waals surface area (Å²) in [5.41, 5.74) is 3.40. The van der Waals surface area contributed by atoms with E-state index in [1.807, 2.05) is 36.2 Å². The number of nitrogens with one attached hydrogen (secondary N) is 1. The quantitative estimate of drug-likeness (QED) is 0.570.